The summed E-state index contributed by atoms with van der Waals surface area (Å²) in [6.07, 6.45) is 0.543. The third-order valence-corrected chi connectivity index (χ3v) is 5.37. The van der Waals surface area contributed by atoms with E-state index in [1.807, 2.05) is 36.4 Å². The highest BCUT2D eigenvalue weighted by Gasteiger charge is 2.49. The van der Waals surface area contributed by atoms with Gasteiger partial charge in [-0.15, -0.1) is 0 Å². The number of rotatable bonds is 5. The van der Waals surface area contributed by atoms with Gasteiger partial charge in [0.05, 0.1) is 13.2 Å². The largest absolute Gasteiger partial charge is 0.485 e. The standard InChI is InChI=1S/C22H24O5/c1-13-7-17(27-19-12-26-21-18(24-3)11-25-22(19)21)8-14(2)20(13)16-6-4-5-15(9-16)10-23/h4-10,18-19,21-22H,11-12H2,1-3H3. The van der Waals surface area contributed by atoms with Crippen LogP contribution in [0.4, 0.5) is 0 Å². The van der Waals surface area contributed by atoms with Gasteiger partial charge in [-0.25, -0.2) is 0 Å². The molecule has 2 saturated heterocycles. The monoisotopic (exact) mass is 368 g/mol. The Bertz CT molecular complexity index is 823. The minimum Gasteiger partial charge on any atom is -0.485 e. The van der Waals surface area contributed by atoms with Gasteiger partial charge < -0.3 is 18.9 Å². The zero-order valence-corrected chi connectivity index (χ0v) is 15.8. The number of carbonyl (C=O) groups excluding carboxylic acids is 1. The van der Waals surface area contributed by atoms with Crippen molar-refractivity contribution < 1.29 is 23.7 Å². The van der Waals surface area contributed by atoms with Crippen LogP contribution in [0.2, 0.25) is 0 Å². The summed E-state index contributed by atoms with van der Waals surface area (Å²) in [5.74, 6) is 0.805. The van der Waals surface area contributed by atoms with Gasteiger partial charge in [0.25, 0.3) is 0 Å². The molecule has 0 spiro atoms. The summed E-state index contributed by atoms with van der Waals surface area (Å²) in [5.41, 5.74) is 5.04. The SMILES string of the molecule is COC1COC2C(Oc3cc(C)c(-c4cccc(C=O)c4)c(C)c3)COC12. The van der Waals surface area contributed by atoms with Gasteiger partial charge in [0.2, 0.25) is 0 Å². The molecule has 0 radical (unpaired) electrons. The Morgan fingerprint density at radius 3 is 2.33 bits per heavy atom. The zero-order chi connectivity index (χ0) is 19.0. The molecular weight excluding hydrogens is 344 g/mol. The summed E-state index contributed by atoms with van der Waals surface area (Å²) < 4.78 is 23.3. The Labute approximate surface area is 159 Å². The molecule has 0 aromatic heterocycles. The number of hydrogen-bond donors (Lipinski definition) is 0. The van der Waals surface area contributed by atoms with Gasteiger partial charge in [0.15, 0.2) is 6.10 Å². The predicted molar refractivity (Wildman–Crippen MR) is 101 cm³/mol. The van der Waals surface area contributed by atoms with Crippen molar-refractivity contribution in [3.05, 3.63) is 53.1 Å². The van der Waals surface area contributed by atoms with Crippen LogP contribution in [0.5, 0.6) is 5.75 Å². The maximum absolute atomic E-state index is 11.1. The van der Waals surface area contributed by atoms with Gasteiger partial charge in [-0.05, 0) is 54.3 Å². The molecule has 2 aliphatic rings. The molecule has 2 aromatic carbocycles. The molecule has 2 heterocycles. The second-order valence-electron chi connectivity index (χ2n) is 7.20. The Hall–Kier alpha value is -2.21. The van der Waals surface area contributed by atoms with Crippen LogP contribution in [0.3, 0.4) is 0 Å². The lowest BCUT2D eigenvalue weighted by molar-refractivity contribution is -0.0138. The molecule has 4 unspecified atom stereocenters. The van der Waals surface area contributed by atoms with Crippen LogP contribution in [-0.2, 0) is 14.2 Å². The average Bonchev–Trinajstić information content (AvgIpc) is 3.24. The van der Waals surface area contributed by atoms with E-state index in [9.17, 15) is 4.79 Å². The first-order valence-electron chi connectivity index (χ1n) is 9.20. The van der Waals surface area contributed by atoms with E-state index in [1.54, 1.807) is 7.11 Å². The topological polar surface area (TPSA) is 54.0 Å². The smallest absolute Gasteiger partial charge is 0.151 e. The fourth-order valence-electron chi connectivity index (χ4n) is 4.12. The summed E-state index contributed by atoms with van der Waals surface area (Å²) in [5, 5.41) is 0. The van der Waals surface area contributed by atoms with E-state index in [0.29, 0.717) is 18.8 Å². The van der Waals surface area contributed by atoms with E-state index in [2.05, 4.69) is 13.8 Å². The molecule has 4 rings (SSSR count). The first-order valence-corrected chi connectivity index (χ1v) is 9.20. The molecule has 0 aliphatic carbocycles. The van der Waals surface area contributed by atoms with Gasteiger partial charge in [0, 0.05) is 12.7 Å². The maximum atomic E-state index is 11.1. The number of aryl methyl sites for hydroxylation is 2. The molecular formula is C22H24O5. The van der Waals surface area contributed by atoms with Crippen LogP contribution in [0.15, 0.2) is 36.4 Å². The molecule has 4 atom stereocenters. The van der Waals surface area contributed by atoms with Crippen molar-refractivity contribution in [1.29, 1.82) is 0 Å². The molecule has 0 amide bonds. The van der Waals surface area contributed by atoms with E-state index >= 15 is 0 Å². The second-order valence-corrected chi connectivity index (χ2v) is 7.20. The van der Waals surface area contributed by atoms with E-state index < -0.39 is 0 Å². The summed E-state index contributed by atoms with van der Waals surface area (Å²) in [6.45, 7) is 5.15. The first-order chi connectivity index (χ1) is 13.1. The molecule has 5 heteroatoms. The summed E-state index contributed by atoms with van der Waals surface area (Å²) in [4.78, 5) is 11.1. The van der Waals surface area contributed by atoms with Crippen molar-refractivity contribution in [2.24, 2.45) is 0 Å². The maximum Gasteiger partial charge on any atom is 0.151 e. The fraction of sp³-hybridized carbons (Fsp3) is 0.409. The fourth-order valence-corrected chi connectivity index (χ4v) is 4.12. The van der Waals surface area contributed by atoms with Crippen molar-refractivity contribution in [2.45, 2.75) is 38.3 Å². The third kappa shape index (κ3) is 3.38. The van der Waals surface area contributed by atoms with Crippen LogP contribution in [0.1, 0.15) is 21.5 Å². The lowest BCUT2D eigenvalue weighted by Gasteiger charge is -2.20. The van der Waals surface area contributed by atoms with Gasteiger partial charge in [-0.3, -0.25) is 4.79 Å². The highest BCUT2D eigenvalue weighted by atomic mass is 16.6. The van der Waals surface area contributed by atoms with E-state index in [-0.39, 0.29) is 24.4 Å². The number of benzene rings is 2. The van der Waals surface area contributed by atoms with Crippen LogP contribution >= 0.6 is 0 Å². The second kappa shape index (κ2) is 7.43. The molecule has 142 valence electrons. The Balaban J connectivity index is 1.56. The molecule has 2 aliphatic heterocycles. The van der Waals surface area contributed by atoms with Gasteiger partial charge in [-0.1, -0.05) is 18.2 Å². The van der Waals surface area contributed by atoms with Crippen molar-refractivity contribution in [3.8, 4) is 16.9 Å². The molecule has 5 nitrogen and oxygen atoms in total. The summed E-state index contributed by atoms with van der Waals surface area (Å²) in [6, 6.07) is 11.7. The quantitative estimate of drug-likeness (QED) is 0.758. The van der Waals surface area contributed by atoms with Crippen LogP contribution in [0, 0.1) is 13.8 Å². The predicted octanol–water partition coefficient (Wildman–Crippen LogP) is 3.34. The Morgan fingerprint density at radius 1 is 1.00 bits per heavy atom. The highest BCUT2D eigenvalue weighted by Crippen LogP contribution is 2.34. The highest BCUT2D eigenvalue weighted by molar-refractivity contribution is 5.80. The van der Waals surface area contributed by atoms with Crippen LogP contribution < -0.4 is 4.74 Å². The molecule has 2 aromatic rings. The molecule has 2 fully saturated rings. The number of ether oxygens (including phenoxy) is 4. The van der Waals surface area contributed by atoms with Crippen molar-refractivity contribution in [1.82, 2.24) is 0 Å². The average molecular weight is 368 g/mol. The minimum absolute atomic E-state index is 0.0282. The number of carbonyl (C=O) groups is 1. The van der Waals surface area contributed by atoms with E-state index in [4.69, 9.17) is 18.9 Å². The zero-order valence-electron chi connectivity index (χ0n) is 15.8. The van der Waals surface area contributed by atoms with E-state index in [1.165, 1.54) is 0 Å². The van der Waals surface area contributed by atoms with Gasteiger partial charge in [0.1, 0.15) is 30.3 Å². The van der Waals surface area contributed by atoms with Crippen molar-refractivity contribution in [2.75, 3.05) is 20.3 Å². The Morgan fingerprint density at radius 2 is 1.67 bits per heavy atom. The van der Waals surface area contributed by atoms with Crippen LogP contribution in [0.25, 0.3) is 11.1 Å². The normalized spacial score (nSPS) is 26.8. The number of fused-ring (bicyclic) bond motifs is 1. The molecule has 0 saturated carbocycles. The van der Waals surface area contributed by atoms with Crippen molar-refractivity contribution >= 4 is 6.29 Å². The minimum atomic E-state index is -0.141. The molecule has 0 N–H and O–H groups in total. The first kappa shape index (κ1) is 18.2. The lowest BCUT2D eigenvalue weighted by Crippen LogP contribution is -2.35. The third-order valence-electron chi connectivity index (χ3n) is 5.37. The van der Waals surface area contributed by atoms with Gasteiger partial charge >= 0.3 is 0 Å². The summed E-state index contributed by atoms with van der Waals surface area (Å²) >= 11 is 0. The molecule has 27 heavy (non-hydrogen) atoms. The molecule has 0 bridgehead atoms. The summed E-state index contributed by atoms with van der Waals surface area (Å²) in [7, 11) is 1.68. The number of methoxy groups -OCH3 is 1. The number of aldehydes is 1. The van der Waals surface area contributed by atoms with E-state index in [0.717, 1.165) is 34.3 Å². The lowest BCUT2D eigenvalue weighted by atomic mass is 9.94. The van der Waals surface area contributed by atoms with Crippen LogP contribution in [-0.4, -0.2) is 51.0 Å². The van der Waals surface area contributed by atoms with Gasteiger partial charge in [-0.2, -0.15) is 0 Å². The van der Waals surface area contributed by atoms with Crippen molar-refractivity contribution in [3.63, 3.8) is 0 Å². The Kier molecular flexibility index (Phi) is 5.00. The number of hydrogen-bond acceptors (Lipinski definition) is 5.